The summed E-state index contributed by atoms with van der Waals surface area (Å²) in [7, 11) is 0. The average Bonchev–Trinajstić information content (AvgIpc) is 2.84. The Morgan fingerprint density at radius 3 is 2.50 bits per heavy atom. The Labute approximate surface area is 201 Å². The highest BCUT2D eigenvalue weighted by molar-refractivity contribution is 6.30. The number of amides is 1. The number of carbonyl (C=O) groups excluding carboxylic acids is 1. The van der Waals surface area contributed by atoms with E-state index in [0.717, 1.165) is 6.07 Å². The molecule has 2 fully saturated rings. The predicted molar refractivity (Wildman–Crippen MR) is 123 cm³/mol. The van der Waals surface area contributed by atoms with Gasteiger partial charge in [-0.1, -0.05) is 17.7 Å². The summed E-state index contributed by atoms with van der Waals surface area (Å²) in [5, 5.41) is 0.602. The third-order valence-electron chi connectivity index (χ3n) is 6.04. The molecule has 184 valence electrons. The number of piperazine rings is 1. The van der Waals surface area contributed by atoms with Crippen LogP contribution < -0.4 is 9.64 Å². The lowest BCUT2D eigenvalue weighted by Crippen LogP contribution is -2.54. The molecule has 2 heterocycles. The van der Waals surface area contributed by atoms with Crippen LogP contribution in [0.15, 0.2) is 48.5 Å². The van der Waals surface area contributed by atoms with Crippen molar-refractivity contribution in [2.24, 2.45) is 0 Å². The van der Waals surface area contributed by atoms with E-state index in [0.29, 0.717) is 68.9 Å². The minimum atomic E-state index is -4.35. The number of hydrogen-bond acceptors (Lipinski definition) is 5. The van der Waals surface area contributed by atoms with E-state index in [2.05, 4.69) is 4.90 Å². The molecule has 34 heavy (non-hydrogen) atoms. The Balaban J connectivity index is 1.23. The first-order valence-corrected chi connectivity index (χ1v) is 11.6. The molecule has 0 unspecified atom stereocenters. The van der Waals surface area contributed by atoms with Gasteiger partial charge in [0.2, 0.25) is 0 Å². The zero-order chi connectivity index (χ0) is 24.1. The van der Waals surface area contributed by atoms with Crippen molar-refractivity contribution in [1.82, 2.24) is 9.80 Å². The number of ether oxygens (including phenoxy) is 2. The lowest BCUT2D eigenvalue weighted by molar-refractivity contribution is -0.141. The monoisotopic (exact) mass is 497 g/mol. The number of rotatable bonds is 6. The lowest BCUT2D eigenvalue weighted by atomic mass is 10.1. The molecule has 6 nitrogen and oxygen atoms in total. The highest BCUT2D eigenvalue weighted by Crippen LogP contribution is 2.32. The summed E-state index contributed by atoms with van der Waals surface area (Å²) < 4.78 is 50.5. The van der Waals surface area contributed by atoms with Crippen molar-refractivity contribution < 1.29 is 27.4 Å². The van der Waals surface area contributed by atoms with E-state index in [-0.39, 0.29) is 18.6 Å². The van der Waals surface area contributed by atoms with E-state index in [9.17, 15) is 18.0 Å². The van der Waals surface area contributed by atoms with Crippen LogP contribution in [0.5, 0.6) is 5.75 Å². The van der Waals surface area contributed by atoms with Crippen LogP contribution in [0.25, 0.3) is 0 Å². The molecule has 0 bridgehead atoms. The van der Waals surface area contributed by atoms with Crippen LogP contribution in [0.1, 0.15) is 5.56 Å². The van der Waals surface area contributed by atoms with Gasteiger partial charge in [-0.05, 0) is 42.5 Å². The van der Waals surface area contributed by atoms with E-state index in [4.69, 9.17) is 21.1 Å². The van der Waals surface area contributed by atoms with Crippen molar-refractivity contribution in [2.45, 2.75) is 12.3 Å². The first kappa shape index (κ1) is 24.6. The van der Waals surface area contributed by atoms with Crippen LogP contribution in [0.4, 0.5) is 18.9 Å². The fourth-order valence-electron chi connectivity index (χ4n) is 4.18. The first-order chi connectivity index (χ1) is 16.3. The number of benzene rings is 2. The summed E-state index contributed by atoms with van der Waals surface area (Å²) in [5.74, 6) is 0.485. The van der Waals surface area contributed by atoms with E-state index in [1.165, 1.54) is 12.1 Å². The van der Waals surface area contributed by atoms with Gasteiger partial charge in [-0.15, -0.1) is 0 Å². The number of morpholine rings is 1. The molecule has 2 aromatic carbocycles. The van der Waals surface area contributed by atoms with Crippen molar-refractivity contribution in [1.29, 1.82) is 0 Å². The van der Waals surface area contributed by atoms with Gasteiger partial charge in [0.15, 0.2) is 6.61 Å². The SMILES string of the molecule is O=C(COc1ccc(Cl)cc1)N1CCO[C@@H](CN2CCN(c3cccc(C(F)(F)F)c3)CC2)C1. The maximum Gasteiger partial charge on any atom is 0.416 e. The molecule has 4 rings (SSSR count). The molecular weight excluding hydrogens is 471 g/mol. The molecule has 2 aliphatic heterocycles. The quantitative estimate of drug-likeness (QED) is 0.608. The van der Waals surface area contributed by atoms with Crippen LogP contribution in [0, 0.1) is 0 Å². The van der Waals surface area contributed by atoms with Crippen LogP contribution in [-0.4, -0.2) is 80.8 Å². The molecule has 10 heteroatoms. The van der Waals surface area contributed by atoms with E-state index < -0.39 is 11.7 Å². The van der Waals surface area contributed by atoms with Crippen molar-refractivity contribution in [2.75, 3.05) is 63.9 Å². The first-order valence-electron chi connectivity index (χ1n) is 11.2. The fraction of sp³-hybridized carbons (Fsp3) is 0.458. The molecule has 2 aromatic rings. The van der Waals surface area contributed by atoms with Crippen molar-refractivity contribution >= 4 is 23.2 Å². The number of carbonyl (C=O) groups is 1. The number of hydrogen-bond donors (Lipinski definition) is 0. The Kier molecular flexibility index (Phi) is 7.85. The molecular formula is C24H27ClF3N3O3. The van der Waals surface area contributed by atoms with Gasteiger partial charge in [0.25, 0.3) is 5.91 Å². The van der Waals surface area contributed by atoms with Gasteiger partial charge < -0.3 is 19.3 Å². The zero-order valence-corrected chi connectivity index (χ0v) is 19.4. The summed E-state index contributed by atoms with van der Waals surface area (Å²) >= 11 is 5.86. The number of nitrogens with zero attached hydrogens (tertiary/aromatic N) is 3. The topological polar surface area (TPSA) is 45.2 Å². The minimum Gasteiger partial charge on any atom is -0.484 e. The van der Waals surface area contributed by atoms with Gasteiger partial charge in [-0.3, -0.25) is 9.69 Å². The third kappa shape index (κ3) is 6.55. The molecule has 2 aliphatic rings. The summed E-state index contributed by atoms with van der Waals surface area (Å²) in [6, 6.07) is 12.3. The molecule has 0 aliphatic carbocycles. The van der Waals surface area contributed by atoms with Gasteiger partial charge >= 0.3 is 6.18 Å². The van der Waals surface area contributed by atoms with Crippen molar-refractivity contribution in [3.63, 3.8) is 0 Å². The van der Waals surface area contributed by atoms with Crippen LogP contribution in [0.3, 0.4) is 0 Å². The lowest BCUT2D eigenvalue weighted by Gasteiger charge is -2.40. The Morgan fingerprint density at radius 1 is 1.06 bits per heavy atom. The summed E-state index contributed by atoms with van der Waals surface area (Å²) in [4.78, 5) is 18.5. The maximum atomic E-state index is 13.0. The largest absolute Gasteiger partial charge is 0.484 e. The second-order valence-corrected chi connectivity index (χ2v) is 8.85. The minimum absolute atomic E-state index is 0.0516. The van der Waals surface area contributed by atoms with E-state index >= 15 is 0 Å². The highest BCUT2D eigenvalue weighted by Gasteiger charge is 2.31. The van der Waals surface area contributed by atoms with Crippen molar-refractivity contribution in [3.8, 4) is 5.75 Å². The summed E-state index contributed by atoms with van der Waals surface area (Å²) in [5.41, 5.74) is -0.0475. The van der Waals surface area contributed by atoms with Gasteiger partial charge in [0.05, 0.1) is 18.3 Å². The van der Waals surface area contributed by atoms with Crippen molar-refractivity contribution in [3.05, 3.63) is 59.1 Å². The Morgan fingerprint density at radius 2 is 1.79 bits per heavy atom. The van der Waals surface area contributed by atoms with Gasteiger partial charge in [0.1, 0.15) is 5.75 Å². The van der Waals surface area contributed by atoms with Crippen LogP contribution >= 0.6 is 11.6 Å². The van der Waals surface area contributed by atoms with Crippen LogP contribution in [0.2, 0.25) is 5.02 Å². The average molecular weight is 498 g/mol. The third-order valence-corrected chi connectivity index (χ3v) is 6.29. The molecule has 1 amide bonds. The Hall–Kier alpha value is -2.49. The molecule has 1 atom stereocenters. The predicted octanol–water partition coefficient (Wildman–Crippen LogP) is 3.79. The van der Waals surface area contributed by atoms with Gasteiger partial charge in [-0.25, -0.2) is 0 Å². The number of halogens is 4. The highest BCUT2D eigenvalue weighted by atomic mass is 35.5. The molecule has 0 N–H and O–H groups in total. The summed E-state index contributed by atoms with van der Waals surface area (Å²) in [6.07, 6.45) is -4.47. The van der Waals surface area contributed by atoms with Gasteiger partial charge in [0, 0.05) is 56.5 Å². The summed E-state index contributed by atoms with van der Waals surface area (Å²) in [6.45, 7) is 4.76. The standard InChI is InChI=1S/C24H27ClF3N3O3/c25-19-4-6-21(7-5-19)34-17-23(32)31-12-13-33-22(16-31)15-29-8-10-30(11-9-29)20-3-1-2-18(14-20)24(26,27)28/h1-7,14,22H,8-13,15-17H2/t22-/m0/s1. The van der Waals surface area contributed by atoms with Gasteiger partial charge in [-0.2, -0.15) is 13.2 Å². The van der Waals surface area contributed by atoms with Crippen LogP contribution in [-0.2, 0) is 15.7 Å². The number of anilines is 1. The normalized spacial score (nSPS) is 19.8. The van der Waals surface area contributed by atoms with E-state index in [1.54, 1.807) is 35.2 Å². The molecule has 0 radical (unpaired) electrons. The fourth-order valence-corrected chi connectivity index (χ4v) is 4.31. The molecule has 2 saturated heterocycles. The maximum absolute atomic E-state index is 13.0. The molecule has 0 spiro atoms. The number of alkyl halides is 3. The molecule has 0 saturated carbocycles. The van der Waals surface area contributed by atoms with E-state index in [1.807, 2.05) is 4.90 Å². The smallest absolute Gasteiger partial charge is 0.416 e. The second kappa shape index (κ2) is 10.8. The molecule has 0 aromatic heterocycles. The second-order valence-electron chi connectivity index (χ2n) is 8.41. The Bertz CT molecular complexity index is 966. The zero-order valence-electron chi connectivity index (χ0n) is 18.6.